The van der Waals surface area contributed by atoms with E-state index in [1.807, 2.05) is 4.90 Å². The Morgan fingerprint density at radius 2 is 1.79 bits per heavy atom. The summed E-state index contributed by atoms with van der Waals surface area (Å²) in [6.07, 6.45) is 0. The van der Waals surface area contributed by atoms with Crippen LogP contribution in [0.4, 0.5) is 17.2 Å². The first kappa shape index (κ1) is 13.4. The lowest BCUT2D eigenvalue weighted by Gasteiger charge is -2.34. The Bertz CT molecular complexity index is 509. The highest BCUT2D eigenvalue weighted by Crippen LogP contribution is 2.31. The average Bonchev–Trinajstić information content (AvgIpc) is 2.34. The van der Waals surface area contributed by atoms with E-state index < -0.39 is 5.97 Å². The number of piperazine rings is 1. The van der Waals surface area contributed by atoms with E-state index in [2.05, 4.69) is 16.9 Å². The van der Waals surface area contributed by atoms with Gasteiger partial charge in [0.2, 0.25) is 0 Å². The molecule has 7 heteroatoms. The topological polar surface area (TPSA) is 109 Å². The molecule has 1 aromatic rings. The van der Waals surface area contributed by atoms with Gasteiger partial charge in [-0.15, -0.1) is 0 Å². The third kappa shape index (κ3) is 2.41. The van der Waals surface area contributed by atoms with Crippen molar-refractivity contribution in [1.29, 1.82) is 0 Å². The number of anilines is 3. The first-order valence-corrected chi connectivity index (χ1v) is 6.14. The van der Waals surface area contributed by atoms with Crippen LogP contribution < -0.4 is 16.4 Å². The van der Waals surface area contributed by atoms with Crippen molar-refractivity contribution < 1.29 is 9.90 Å². The zero-order valence-electron chi connectivity index (χ0n) is 11.2. The predicted molar refractivity (Wildman–Crippen MR) is 74.5 cm³/mol. The molecule has 0 atom stereocenters. The highest BCUT2D eigenvalue weighted by molar-refractivity contribution is 5.99. The van der Waals surface area contributed by atoms with Gasteiger partial charge in [0.1, 0.15) is 5.56 Å². The smallest absolute Gasteiger partial charge is 0.339 e. The molecule has 0 saturated carbocycles. The van der Waals surface area contributed by atoms with Crippen LogP contribution in [0.15, 0.2) is 0 Å². The van der Waals surface area contributed by atoms with E-state index in [9.17, 15) is 4.79 Å². The number of carboxylic acids is 1. The third-order valence-electron chi connectivity index (χ3n) is 3.45. The molecule has 0 bridgehead atoms. The van der Waals surface area contributed by atoms with Crippen molar-refractivity contribution in [3.63, 3.8) is 0 Å². The van der Waals surface area contributed by atoms with Gasteiger partial charge in [0.05, 0.1) is 17.1 Å². The molecule has 0 aliphatic carbocycles. The molecule has 5 N–H and O–H groups in total. The lowest BCUT2D eigenvalue weighted by atomic mass is 10.1. The van der Waals surface area contributed by atoms with E-state index in [0.29, 0.717) is 11.5 Å². The van der Waals surface area contributed by atoms with Crippen LogP contribution in [0.1, 0.15) is 16.1 Å². The van der Waals surface area contributed by atoms with E-state index >= 15 is 0 Å². The summed E-state index contributed by atoms with van der Waals surface area (Å²) in [5.41, 5.74) is 12.5. The van der Waals surface area contributed by atoms with Crippen LogP contribution >= 0.6 is 0 Å². The van der Waals surface area contributed by atoms with E-state index in [1.165, 1.54) is 0 Å². The Morgan fingerprint density at radius 1 is 1.21 bits per heavy atom. The Hall–Kier alpha value is -2.02. The monoisotopic (exact) mass is 265 g/mol. The minimum Gasteiger partial charge on any atom is -0.478 e. The number of aromatic nitrogens is 1. The maximum absolute atomic E-state index is 11.1. The van der Waals surface area contributed by atoms with Crippen molar-refractivity contribution in [2.75, 3.05) is 49.6 Å². The molecule has 0 spiro atoms. The van der Waals surface area contributed by atoms with Crippen molar-refractivity contribution in [1.82, 2.24) is 9.88 Å². The molecule has 1 aliphatic heterocycles. The fourth-order valence-corrected chi connectivity index (χ4v) is 2.25. The first-order chi connectivity index (χ1) is 8.91. The van der Waals surface area contributed by atoms with Gasteiger partial charge in [0.25, 0.3) is 0 Å². The van der Waals surface area contributed by atoms with Gasteiger partial charge < -0.3 is 26.4 Å². The number of likely N-dealkylation sites (N-methyl/N-ethyl adjacent to an activating group) is 1. The molecule has 1 aromatic heterocycles. The molecule has 1 fully saturated rings. The summed E-state index contributed by atoms with van der Waals surface area (Å²) in [7, 11) is 2.06. The van der Waals surface area contributed by atoms with Gasteiger partial charge in [-0.1, -0.05) is 0 Å². The quantitative estimate of drug-likeness (QED) is 0.690. The summed E-state index contributed by atoms with van der Waals surface area (Å²) >= 11 is 0. The normalized spacial score (nSPS) is 16.6. The van der Waals surface area contributed by atoms with Crippen molar-refractivity contribution in [2.24, 2.45) is 0 Å². The fraction of sp³-hybridized carbons (Fsp3) is 0.500. The Kier molecular flexibility index (Phi) is 3.48. The molecular formula is C12H19N5O2. The minimum atomic E-state index is -1.10. The van der Waals surface area contributed by atoms with Gasteiger partial charge in [-0.05, 0) is 14.0 Å². The summed E-state index contributed by atoms with van der Waals surface area (Å²) in [6.45, 7) is 5.08. The van der Waals surface area contributed by atoms with Gasteiger partial charge in [-0.2, -0.15) is 0 Å². The van der Waals surface area contributed by atoms with Crippen molar-refractivity contribution in [3.8, 4) is 0 Å². The largest absolute Gasteiger partial charge is 0.478 e. The molecule has 0 aromatic carbocycles. The fourth-order valence-electron chi connectivity index (χ4n) is 2.25. The standard InChI is InChI=1S/C12H19N5O2/c1-7-8(12(18)19)9(13)10(14)11(15-7)17-5-3-16(2)4-6-17/h3-6,14H2,1-2H3,(H2,13,15)(H,18,19). The molecule has 0 unspecified atom stereocenters. The van der Waals surface area contributed by atoms with Crippen molar-refractivity contribution in [2.45, 2.75) is 6.92 Å². The molecule has 19 heavy (non-hydrogen) atoms. The van der Waals surface area contributed by atoms with E-state index in [4.69, 9.17) is 16.6 Å². The van der Waals surface area contributed by atoms with Crippen LogP contribution in [0.25, 0.3) is 0 Å². The number of carboxylic acid groups (broad SMARTS) is 1. The summed E-state index contributed by atoms with van der Waals surface area (Å²) < 4.78 is 0. The number of hydrogen-bond donors (Lipinski definition) is 3. The second-order valence-corrected chi connectivity index (χ2v) is 4.82. The number of nitrogens with zero attached hydrogens (tertiary/aromatic N) is 3. The number of pyridine rings is 1. The number of hydrogen-bond acceptors (Lipinski definition) is 6. The third-order valence-corrected chi connectivity index (χ3v) is 3.45. The molecule has 2 heterocycles. The molecule has 1 saturated heterocycles. The number of nitrogen functional groups attached to an aromatic ring is 2. The zero-order chi connectivity index (χ0) is 14.2. The van der Waals surface area contributed by atoms with Crippen molar-refractivity contribution in [3.05, 3.63) is 11.3 Å². The first-order valence-electron chi connectivity index (χ1n) is 6.14. The summed E-state index contributed by atoms with van der Waals surface area (Å²) in [6, 6.07) is 0. The Balaban J connectivity index is 2.40. The number of aryl methyl sites for hydroxylation is 1. The van der Waals surface area contributed by atoms with Gasteiger partial charge in [-0.3, -0.25) is 0 Å². The van der Waals surface area contributed by atoms with Gasteiger partial charge in [0, 0.05) is 26.2 Å². The second kappa shape index (κ2) is 4.93. The maximum Gasteiger partial charge on any atom is 0.339 e. The summed E-state index contributed by atoms with van der Waals surface area (Å²) in [5.74, 6) is -0.507. The molecule has 2 rings (SSSR count). The van der Waals surface area contributed by atoms with E-state index in [-0.39, 0.29) is 16.9 Å². The van der Waals surface area contributed by atoms with Crippen LogP contribution in [-0.4, -0.2) is 54.2 Å². The van der Waals surface area contributed by atoms with Crippen molar-refractivity contribution >= 4 is 23.2 Å². The van der Waals surface area contributed by atoms with Crippen LogP contribution in [0.3, 0.4) is 0 Å². The van der Waals surface area contributed by atoms with Crippen LogP contribution in [0, 0.1) is 6.92 Å². The number of carbonyl (C=O) groups is 1. The van der Waals surface area contributed by atoms with Crippen LogP contribution in [-0.2, 0) is 0 Å². The Morgan fingerprint density at radius 3 is 2.32 bits per heavy atom. The minimum absolute atomic E-state index is 0.00428. The summed E-state index contributed by atoms with van der Waals surface area (Å²) in [5, 5.41) is 9.11. The second-order valence-electron chi connectivity index (χ2n) is 4.82. The molecular weight excluding hydrogens is 246 g/mol. The molecule has 0 radical (unpaired) electrons. The van der Waals surface area contributed by atoms with Crippen LogP contribution in [0.2, 0.25) is 0 Å². The van der Waals surface area contributed by atoms with Gasteiger partial charge in [0.15, 0.2) is 5.82 Å². The summed E-state index contributed by atoms with van der Waals surface area (Å²) in [4.78, 5) is 19.7. The molecule has 104 valence electrons. The maximum atomic E-state index is 11.1. The lowest BCUT2D eigenvalue weighted by Crippen LogP contribution is -2.45. The molecule has 1 aliphatic rings. The number of aromatic carboxylic acids is 1. The Labute approximate surface area is 111 Å². The van der Waals surface area contributed by atoms with Gasteiger partial charge >= 0.3 is 5.97 Å². The SMILES string of the molecule is Cc1nc(N2CCN(C)CC2)c(N)c(N)c1C(=O)O. The lowest BCUT2D eigenvalue weighted by molar-refractivity contribution is 0.0697. The van der Waals surface area contributed by atoms with E-state index in [1.54, 1.807) is 6.92 Å². The number of nitrogens with two attached hydrogens (primary N) is 2. The van der Waals surface area contributed by atoms with Gasteiger partial charge in [-0.25, -0.2) is 9.78 Å². The highest BCUT2D eigenvalue weighted by Gasteiger charge is 2.23. The predicted octanol–water partition coefficient (Wildman–Crippen LogP) is 0.00442. The average molecular weight is 265 g/mol. The van der Waals surface area contributed by atoms with E-state index in [0.717, 1.165) is 26.2 Å². The molecule has 7 nitrogen and oxygen atoms in total. The zero-order valence-corrected chi connectivity index (χ0v) is 11.2. The van der Waals surface area contributed by atoms with Crippen LogP contribution in [0.5, 0.6) is 0 Å². The number of rotatable bonds is 2. The molecule has 0 amide bonds. The highest BCUT2D eigenvalue weighted by atomic mass is 16.4.